The first-order chi connectivity index (χ1) is 10.7. The molecule has 0 unspecified atom stereocenters. The van der Waals surface area contributed by atoms with Crippen LogP contribution in [-0.4, -0.2) is 18.6 Å². The Balaban J connectivity index is 1.83. The van der Waals surface area contributed by atoms with Gasteiger partial charge in [-0.1, -0.05) is 30.3 Å². The minimum absolute atomic E-state index is 0.149. The summed E-state index contributed by atoms with van der Waals surface area (Å²) in [5, 5.41) is 1.92. The van der Waals surface area contributed by atoms with Crippen molar-refractivity contribution in [3.8, 4) is 5.75 Å². The Morgan fingerprint density at radius 1 is 1.23 bits per heavy atom. The minimum Gasteiger partial charge on any atom is -0.483 e. The molecule has 0 aromatic heterocycles. The molecule has 0 spiro atoms. The predicted molar refractivity (Wildman–Crippen MR) is 80.3 cm³/mol. The van der Waals surface area contributed by atoms with E-state index in [1.165, 1.54) is 6.07 Å². The van der Waals surface area contributed by atoms with Gasteiger partial charge in [-0.15, -0.1) is 0 Å². The number of benzene rings is 2. The Bertz CT molecular complexity index is 661. The lowest BCUT2D eigenvalue weighted by Crippen LogP contribution is -2.39. The maximum atomic E-state index is 14.5. The van der Waals surface area contributed by atoms with Crippen molar-refractivity contribution in [3.63, 3.8) is 0 Å². The number of ether oxygens (including phenoxy) is 1. The molecule has 2 aromatic carbocycles. The van der Waals surface area contributed by atoms with Crippen molar-refractivity contribution < 1.29 is 13.5 Å². The second-order valence-corrected chi connectivity index (χ2v) is 5.31. The third-order valence-corrected chi connectivity index (χ3v) is 3.90. The van der Waals surface area contributed by atoms with E-state index < -0.39 is 11.6 Å². The van der Waals surface area contributed by atoms with E-state index >= 15 is 0 Å². The number of hydrazine groups is 1. The summed E-state index contributed by atoms with van der Waals surface area (Å²) < 4.78 is 34.1. The molecule has 1 aliphatic heterocycles. The first kappa shape index (κ1) is 14.9. The van der Waals surface area contributed by atoms with Crippen LogP contribution in [0.4, 0.5) is 8.78 Å². The van der Waals surface area contributed by atoms with Crippen molar-refractivity contribution >= 4 is 0 Å². The van der Waals surface area contributed by atoms with Crippen LogP contribution in [0, 0.1) is 11.6 Å². The van der Waals surface area contributed by atoms with Crippen LogP contribution in [0.25, 0.3) is 0 Å². The maximum Gasteiger partial charge on any atom is 0.191 e. The smallest absolute Gasteiger partial charge is 0.191 e. The Labute approximate surface area is 128 Å². The van der Waals surface area contributed by atoms with E-state index in [-0.39, 0.29) is 12.4 Å². The molecular weight excluding hydrogens is 286 g/mol. The van der Waals surface area contributed by atoms with Crippen molar-refractivity contribution in [2.75, 3.05) is 13.6 Å². The molecule has 0 fully saturated rings. The van der Waals surface area contributed by atoms with Crippen LogP contribution in [0.2, 0.25) is 0 Å². The summed E-state index contributed by atoms with van der Waals surface area (Å²) in [6, 6.07) is 10.7. The van der Waals surface area contributed by atoms with Gasteiger partial charge in [-0.2, -0.15) is 0 Å². The first-order valence-electron chi connectivity index (χ1n) is 7.28. The molecule has 3 rings (SSSR count). The summed E-state index contributed by atoms with van der Waals surface area (Å²) in [6.07, 6.45) is 0.532. The zero-order chi connectivity index (χ0) is 15.5. The van der Waals surface area contributed by atoms with Crippen LogP contribution in [0.5, 0.6) is 5.75 Å². The fraction of sp³-hybridized carbons (Fsp3) is 0.294. The average Bonchev–Trinajstić information content (AvgIpc) is 2.55. The highest BCUT2D eigenvalue weighted by atomic mass is 19.1. The lowest BCUT2D eigenvalue weighted by molar-refractivity contribution is 0.185. The van der Waals surface area contributed by atoms with Crippen LogP contribution >= 0.6 is 0 Å². The Hall–Kier alpha value is -1.98. The third kappa shape index (κ3) is 2.96. The fourth-order valence-corrected chi connectivity index (χ4v) is 2.68. The third-order valence-electron chi connectivity index (χ3n) is 3.90. The average molecular weight is 304 g/mol. The molecule has 116 valence electrons. The molecule has 2 aromatic rings. The van der Waals surface area contributed by atoms with Gasteiger partial charge in [0.05, 0.1) is 0 Å². The van der Waals surface area contributed by atoms with Gasteiger partial charge in [0.25, 0.3) is 0 Å². The van der Waals surface area contributed by atoms with Gasteiger partial charge >= 0.3 is 0 Å². The summed E-state index contributed by atoms with van der Waals surface area (Å²) in [4.78, 5) is 0. The fourth-order valence-electron chi connectivity index (χ4n) is 2.68. The molecule has 0 atom stereocenters. The van der Waals surface area contributed by atoms with E-state index in [4.69, 9.17) is 4.74 Å². The molecule has 0 amide bonds. The quantitative estimate of drug-likeness (QED) is 0.939. The van der Waals surface area contributed by atoms with Crippen LogP contribution in [0.3, 0.4) is 0 Å². The number of nitrogens with one attached hydrogen (secondary N) is 1. The van der Waals surface area contributed by atoms with E-state index in [2.05, 4.69) is 5.43 Å². The maximum absolute atomic E-state index is 14.5. The lowest BCUT2D eigenvalue weighted by Gasteiger charge is -2.28. The Kier molecular flexibility index (Phi) is 4.36. The summed E-state index contributed by atoms with van der Waals surface area (Å²) in [6.45, 7) is 1.32. The van der Waals surface area contributed by atoms with Crippen molar-refractivity contribution in [2.45, 2.75) is 19.6 Å². The number of hydrogen-bond donors (Lipinski definition) is 1. The zero-order valence-corrected chi connectivity index (χ0v) is 12.4. The molecule has 5 heteroatoms. The second kappa shape index (κ2) is 6.42. The van der Waals surface area contributed by atoms with E-state index in [1.54, 1.807) is 7.05 Å². The minimum atomic E-state index is -0.648. The van der Waals surface area contributed by atoms with Crippen molar-refractivity contribution in [3.05, 3.63) is 64.7 Å². The molecule has 1 heterocycles. The van der Waals surface area contributed by atoms with Crippen molar-refractivity contribution in [1.82, 2.24) is 10.4 Å². The highest BCUT2D eigenvalue weighted by Gasteiger charge is 2.24. The van der Waals surface area contributed by atoms with Crippen LogP contribution in [-0.2, 0) is 19.6 Å². The Morgan fingerprint density at radius 2 is 2.00 bits per heavy atom. The van der Waals surface area contributed by atoms with Crippen molar-refractivity contribution in [2.24, 2.45) is 0 Å². The van der Waals surface area contributed by atoms with E-state index in [0.717, 1.165) is 5.56 Å². The molecule has 0 radical (unpaired) electrons. The number of fused-ring (bicyclic) bond motifs is 1. The van der Waals surface area contributed by atoms with Gasteiger partial charge in [-0.3, -0.25) is 5.43 Å². The van der Waals surface area contributed by atoms with Gasteiger partial charge in [-0.25, -0.2) is 13.8 Å². The normalized spacial score (nSPS) is 14.7. The monoisotopic (exact) mass is 304 g/mol. The number of hydrogen-bond acceptors (Lipinski definition) is 3. The predicted octanol–water partition coefficient (Wildman–Crippen LogP) is 3.04. The van der Waals surface area contributed by atoms with Crippen LogP contribution in [0.15, 0.2) is 36.4 Å². The van der Waals surface area contributed by atoms with Gasteiger partial charge in [0.15, 0.2) is 17.4 Å². The summed E-state index contributed by atoms with van der Waals surface area (Å²) >= 11 is 0. The van der Waals surface area contributed by atoms with E-state index in [0.29, 0.717) is 30.6 Å². The molecule has 0 bridgehead atoms. The van der Waals surface area contributed by atoms with Crippen LogP contribution < -0.4 is 10.2 Å². The van der Waals surface area contributed by atoms with Gasteiger partial charge in [0, 0.05) is 13.1 Å². The topological polar surface area (TPSA) is 24.5 Å². The molecule has 0 saturated heterocycles. The molecule has 3 nitrogen and oxygen atoms in total. The first-order valence-corrected chi connectivity index (χ1v) is 7.28. The van der Waals surface area contributed by atoms with Gasteiger partial charge in [0.1, 0.15) is 6.61 Å². The SMILES string of the molecule is CNN1CCc2c(cc(F)c(OCc3ccccc3)c2F)C1. The molecule has 1 N–H and O–H groups in total. The summed E-state index contributed by atoms with van der Waals surface area (Å²) in [5.74, 6) is -1.49. The Morgan fingerprint density at radius 3 is 2.73 bits per heavy atom. The second-order valence-electron chi connectivity index (χ2n) is 5.31. The molecule has 22 heavy (non-hydrogen) atoms. The van der Waals surface area contributed by atoms with Gasteiger partial charge < -0.3 is 4.74 Å². The van der Waals surface area contributed by atoms with E-state index in [9.17, 15) is 8.78 Å². The van der Waals surface area contributed by atoms with E-state index in [1.807, 2.05) is 35.3 Å². The van der Waals surface area contributed by atoms with Gasteiger partial charge in [-0.05, 0) is 36.2 Å². The largest absolute Gasteiger partial charge is 0.483 e. The van der Waals surface area contributed by atoms with Crippen molar-refractivity contribution in [1.29, 1.82) is 0 Å². The highest BCUT2D eigenvalue weighted by molar-refractivity contribution is 5.40. The molecule has 1 aliphatic rings. The standard InChI is InChI=1S/C17H18F2N2O/c1-20-21-8-7-14-13(10-21)9-15(18)17(16(14)19)22-11-12-5-3-2-4-6-12/h2-6,9,20H,7-8,10-11H2,1H3. The zero-order valence-electron chi connectivity index (χ0n) is 12.4. The molecular formula is C17H18F2N2O. The number of nitrogens with zero attached hydrogens (tertiary/aromatic N) is 1. The molecule has 0 saturated carbocycles. The number of rotatable bonds is 4. The summed E-state index contributed by atoms with van der Waals surface area (Å²) in [7, 11) is 1.80. The number of halogens is 2. The van der Waals surface area contributed by atoms with Gasteiger partial charge in [0.2, 0.25) is 0 Å². The lowest BCUT2D eigenvalue weighted by atomic mass is 9.99. The highest BCUT2D eigenvalue weighted by Crippen LogP contribution is 2.31. The van der Waals surface area contributed by atoms with Crippen LogP contribution in [0.1, 0.15) is 16.7 Å². The molecule has 0 aliphatic carbocycles. The summed E-state index contributed by atoms with van der Waals surface area (Å²) in [5.41, 5.74) is 5.10.